The van der Waals surface area contributed by atoms with Gasteiger partial charge in [0.05, 0.1) is 5.69 Å². The molecule has 2 rings (SSSR count). The van der Waals surface area contributed by atoms with Crippen LogP contribution in [0, 0.1) is 0 Å². The van der Waals surface area contributed by atoms with E-state index in [9.17, 15) is 26.4 Å². The second-order valence-corrected chi connectivity index (χ2v) is 6.54. The standard InChI is InChI=1S/C12H8ClF3N4O4S/c13-5-1-2-8(25(17,23)24)7(3-5)19-11-18-4-6(10(21)22)9(20-11)12(14,15)16/h1-4H,(H,21,22)(H2,17,23,24)(H,18,19,20). The van der Waals surface area contributed by atoms with Crippen molar-refractivity contribution in [1.82, 2.24) is 9.97 Å². The Morgan fingerprint density at radius 3 is 2.48 bits per heavy atom. The molecule has 0 aliphatic heterocycles. The minimum atomic E-state index is -5.07. The molecule has 0 saturated heterocycles. The number of primary sulfonamides is 1. The predicted molar refractivity (Wildman–Crippen MR) is 80.1 cm³/mol. The number of carboxylic acid groups (broad SMARTS) is 1. The highest BCUT2D eigenvalue weighted by Gasteiger charge is 2.38. The Hall–Kier alpha value is -2.44. The molecule has 4 N–H and O–H groups in total. The molecule has 1 heterocycles. The molecule has 0 atom stereocenters. The van der Waals surface area contributed by atoms with Gasteiger partial charge < -0.3 is 10.4 Å². The lowest BCUT2D eigenvalue weighted by atomic mass is 10.2. The maximum absolute atomic E-state index is 12.9. The number of benzene rings is 1. The number of alkyl halides is 3. The van der Waals surface area contributed by atoms with E-state index >= 15 is 0 Å². The fraction of sp³-hybridized carbons (Fsp3) is 0.0833. The molecule has 0 spiro atoms. The summed E-state index contributed by atoms with van der Waals surface area (Å²) in [5.74, 6) is -2.56. The SMILES string of the molecule is NS(=O)(=O)c1ccc(Cl)cc1Nc1ncc(C(=O)O)c(C(F)(F)F)n1. The van der Waals surface area contributed by atoms with E-state index in [1.54, 1.807) is 0 Å². The molecule has 0 radical (unpaired) electrons. The first-order valence-corrected chi connectivity index (χ1v) is 8.09. The highest BCUT2D eigenvalue weighted by atomic mass is 35.5. The van der Waals surface area contributed by atoms with Gasteiger partial charge in [0.15, 0.2) is 5.69 Å². The van der Waals surface area contributed by atoms with Crippen molar-refractivity contribution < 1.29 is 31.5 Å². The Balaban J connectivity index is 2.56. The van der Waals surface area contributed by atoms with E-state index < -0.39 is 44.3 Å². The van der Waals surface area contributed by atoms with Gasteiger partial charge in [-0.2, -0.15) is 13.2 Å². The van der Waals surface area contributed by atoms with Gasteiger partial charge in [0.1, 0.15) is 10.5 Å². The number of halogens is 4. The Kier molecular flexibility index (Phi) is 4.88. The summed E-state index contributed by atoms with van der Waals surface area (Å²) in [5.41, 5.74) is -3.13. The molecule has 2 aromatic rings. The average Bonchev–Trinajstić information content (AvgIpc) is 2.44. The first kappa shape index (κ1) is 18.9. The normalized spacial score (nSPS) is 12.0. The van der Waals surface area contributed by atoms with Crippen molar-refractivity contribution in [1.29, 1.82) is 0 Å². The number of carboxylic acids is 1. The Bertz CT molecular complexity index is 950. The molecule has 0 fully saturated rings. The quantitative estimate of drug-likeness (QED) is 0.721. The number of carbonyl (C=O) groups is 1. The predicted octanol–water partition coefficient (Wildman–Crippen LogP) is 2.24. The molecule has 0 amide bonds. The van der Waals surface area contributed by atoms with Crippen LogP contribution in [-0.2, 0) is 16.2 Å². The zero-order valence-electron chi connectivity index (χ0n) is 11.9. The fourth-order valence-electron chi connectivity index (χ4n) is 1.78. The first-order valence-electron chi connectivity index (χ1n) is 6.16. The van der Waals surface area contributed by atoms with Gasteiger partial charge in [-0.3, -0.25) is 0 Å². The summed E-state index contributed by atoms with van der Waals surface area (Å²) in [6.07, 6.45) is -4.62. The van der Waals surface area contributed by atoms with Crippen LogP contribution in [0.5, 0.6) is 0 Å². The number of nitrogens with zero attached hydrogens (tertiary/aromatic N) is 2. The number of aromatic carboxylic acids is 1. The lowest BCUT2D eigenvalue weighted by Crippen LogP contribution is -2.18. The third-order valence-corrected chi connectivity index (χ3v) is 3.99. The van der Waals surface area contributed by atoms with Crippen LogP contribution in [-0.4, -0.2) is 29.5 Å². The topological polar surface area (TPSA) is 135 Å². The van der Waals surface area contributed by atoms with Gasteiger partial charge in [-0.1, -0.05) is 11.6 Å². The summed E-state index contributed by atoms with van der Waals surface area (Å²) < 4.78 is 61.9. The highest BCUT2D eigenvalue weighted by molar-refractivity contribution is 7.89. The Morgan fingerprint density at radius 1 is 1.32 bits per heavy atom. The van der Waals surface area contributed by atoms with Crippen molar-refractivity contribution in [2.45, 2.75) is 11.1 Å². The van der Waals surface area contributed by atoms with Gasteiger partial charge in [-0.05, 0) is 18.2 Å². The van der Waals surface area contributed by atoms with Gasteiger partial charge in [0.25, 0.3) is 0 Å². The third kappa shape index (κ3) is 4.35. The van der Waals surface area contributed by atoms with E-state index in [-0.39, 0.29) is 10.7 Å². The number of nitrogens with two attached hydrogens (primary N) is 1. The van der Waals surface area contributed by atoms with E-state index in [0.717, 1.165) is 12.1 Å². The number of nitrogens with one attached hydrogen (secondary N) is 1. The smallest absolute Gasteiger partial charge is 0.434 e. The zero-order chi connectivity index (χ0) is 19.0. The molecule has 0 bridgehead atoms. The third-order valence-electron chi connectivity index (χ3n) is 2.78. The monoisotopic (exact) mass is 396 g/mol. The summed E-state index contributed by atoms with van der Waals surface area (Å²) in [7, 11) is -4.22. The summed E-state index contributed by atoms with van der Waals surface area (Å²) >= 11 is 5.73. The number of aromatic nitrogens is 2. The van der Waals surface area contributed by atoms with E-state index in [1.165, 1.54) is 6.07 Å². The minimum Gasteiger partial charge on any atom is -0.478 e. The fourth-order valence-corrected chi connectivity index (χ4v) is 2.63. The van der Waals surface area contributed by atoms with Crippen molar-refractivity contribution in [2.75, 3.05) is 5.32 Å². The summed E-state index contributed by atoms with van der Waals surface area (Å²) in [4.78, 5) is 16.9. The minimum absolute atomic E-state index is 0.0631. The second-order valence-electron chi connectivity index (χ2n) is 4.57. The van der Waals surface area contributed by atoms with Crippen molar-refractivity contribution in [3.05, 3.63) is 40.7 Å². The molecule has 0 saturated carbocycles. The van der Waals surface area contributed by atoms with Crippen LogP contribution in [0.3, 0.4) is 0 Å². The maximum atomic E-state index is 12.9. The van der Waals surface area contributed by atoms with Gasteiger partial charge >= 0.3 is 12.1 Å². The van der Waals surface area contributed by atoms with E-state index in [1.807, 2.05) is 0 Å². The molecular formula is C12H8ClF3N4O4S. The molecule has 8 nitrogen and oxygen atoms in total. The van der Waals surface area contributed by atoms with Gasteiger partial charge in [-0.25, -0.2) is 28.3 Å². The van der Waals surface area contributed by atoms with Gasteiger partial charge in [-0.15, -0.1) is 0 Å². The van der Waals surface area contributed by atoms with E-state index in [2.05, 4.69) is 15.3 Å². The van der Waals surface area contributed by atoms with Crippen molar-refractivity contribution in [2.24, 2.45) is 5.14 Å². The lowest BCUT2D eigenvalue weighted by Gasteiger charge is -2.13. The molecule has 134 valence electrons. The summed E-state index contributed by atoms with van der Waals surface area (Å²) in [6.45, 7) is 0. The summed E-state index contributed by atoms with van der Waals surface area (Å²) in [6, 6.07) is 3.33. The van der Waals surface area contributed by atoms with Crippen LogP contribution in [0.4, 0.5) is 24.8 Å². The molecule has 13 heteroatoms. The van der Waals surface area contributed by atoms with E-state index in [0.29, 0.717) is 6.20 Å². The van der Waals surface area contributed by atoms with Crippen LogP contribution < -0.4 is 10.5 Å². The van der Waals surface area contributed by atoms with Crippen LogP contribution in [0.2, 0.25) is 5.02 Å². The molecule has 0 unspecified atom stereocenters. The first-order chi connectivity index (χ1) is 11.4. The number of hydrogen-bond donors (Lipinski definition) is 3. The Labute approximate surface area is 143 Å². The zero-order valence-corrected chi connectivity index (χ0v) is 13.4. The van der Waals surface area contributed by atoms with Crippen LogP contribution in [0.1, 0.15) is 16.1 Å². The highest BCUT2D eigenvalue weighted by Crippen LogP contribution is 2.32. The molecule has 25 heavy (non-hydrogen) atoms. The number of sulfonamides is 1. The molecule has 1 aromatic carbocycles. The van der Waals surface area contributed by atoms with Crippen molar-refractivity contribution in [3.63, 3.8) is 0 Å². The maximum Gasteiger partial charge on any atom is 0.434 e. The largest absolute Gasteiger partial charge is 0.478 e. The van der Waals surface area contributed by atoms with Crippen LogP contribution >= 0.6 is 11.6 Å². The van der Waals surface area contributed by atoms with Gasteiger partial charge in [0.2, 0.25) is 16.0 Å². The van der Waals surface area contributed by atoms with Crippen LogP contribution in [0.15, 0.2) is 29.3 Å². The number of anilines is 2. The summed E-state index contributed by atoms with van der Waals surface area (Å²) in [5, 5.41) is 16.1. The number of hydrogen-bond acceptors (Lipinski definition) is 6. The molecule has 0 aliphatic carbocycles. The Morgan fingerprint density at radius 2 is 1.96 bits per heavy atom. The second kappa shape index (κ2) is 6.46. The average molecular weight is 397 g/mol. The molecular weight excluding hydrogens is 389 g/mol. The lowest BCUT2D eigenvalue weighted by molar-refractivity contribution is -0.141. The van der Waals surface area contributed by atoms with Crippen molar-refractivity contribution >= 4 is 39.2 Å². The van der Waals surface area contributed by atoms with Gasteiger partial charge in [0, 0.05) is 11.2 Å². The molecule has 1 aromatic heterocycles. The molecule has 0 aliphatic rings. The van der Waals surface area contributed by atoms with Crippen LogP contribution in [0.25, 0.3) is 0 Å². The number of rotatable bonds is 4. The van der Waals surface area contributed by atoms with E-state index in [4.69, 9.17) is 21.8 Å². The van der Waals surface area contributed by atoms with Crippen molar-refractivity contribution in [3.8, 4) is 0 Å².